The number of halogens is 3. The van der Waals surface area contributed by atoms with Crippen molar-refractivity contribution in [2.45, 2.75) is 38.2 Å². The Hall–Kier alpha value is -2.95. The van der Waals surface area contributed by atoms with Gasteiger partial charge in [-0.05, 0) is 24.0 Å². The topological polar surface area (TPSA) is 102 Å². The number of hydrogen-bond acceptors (Lipinski definition) is 7. The van der Waals surface area contributed by atoms with Gasteiger partial charge in [0.15, 0.2) is 0 Å². The van der Waals surface area contributed by atoms with Crippen molar-refractivity contribution in [1.82, 2.24) is 9.97 Å². The van der Waals surface area contributed by atoms with Gasteiger partial charge in [-0.15, -0.1) is 0 Å². The Bertz CT molecular complexity index is 826. The summed E-state index contributed by atoms with van der Waals surface area (Å²) in [5.74, 6) is 0.425. The van der Waals surface area contributed by atoms with Gasteiger partial charge in [-0.1, -0.05) is 24.3 Å². The van der Waals surface area contributed by atoms with E-state index in [0.29, 0.717) is 12.1 Å². The summed E-state index contributed by atoms with van der Waals surface area (Å²) in [7, 11) is 0. The van der Waals surface area contributed by atoms with Crippen molar-refractivity contribution in [2.24, 2.45) is 0 Å². The Morgan fingerprint density at radius 2 is 1.89 bits per heavy atom. The molecule has 8 nitrogen and oxygen atoms in total. The molecular formula is C17H18F3N5O3. The van der Waals surface area contributed by atoms with Crippen LogP contribution in [-0.2, 0) is 17.9 Å². The molecule has 0 radical (unpaired) electrons. The quantitative estimate of drug-likeness (QED) is 0.492. The van der Waals surface area contributed by atoms with Crippen LogP contribution >= 0.6 is 0 Å². The minimum absolute atomic E-state index is 0.130. The summed E-state index contributed by atoms with van der Waals surface area (Å²) in [5, 5.41) is 17.1. The van der Waals surface area contributed by atoms with Gasteiger partial charge in [-0.25, -0.2) is 4.98 Å². The molecule has 1 heterocycles. The number of nitrogens with one attached hydrogen (secondary N) is 2. The highest BCUT2D eigenvalue weighted by atomic mass is 19.4. The van der Waals surface area contributed by atoms with Crippen molar-refractivity contribution < 1.29 is 22.8 Å². The third-order valence-corrected chi connectivity index (χ3v) is 3.89. The van der Waals surface area contributed by atoms with E-state index in [9.17, 15) is 23.3 Å². The number of nitrogens with zero attached hydrogens (tertiary/aromatic N) is 3. The van der Waals surface area contributed by atoms with Crippen molar-refractivity contribution in [1.29, 1.82) is 0 Å². The van der Waals surface area contributed by atoms with Gasteiger partial charge in [-0.2, -0.15) is 18.2 Å². The predicted octanol–water partition coefficient (Wildman–Crippen LogP) is 3.65. The molecule has 3 rings (SSSR count). The zero-order valence-electron chi connectivity index (χ0n) is 14.7. The molecule has 1 saturated carbocycles. The Kier molecular flexibility index (Phi) is 5.93. The lowest BCUT2D eigenvalue weighted by Crippen LogP contribution is -2.16. The third kappa shape index (κ3) is 6.05. The van der Waals surface area contributed by atoms with Crippen LogP contribution in [0, 0.1) is 10.1 Å². The smallest absolute Gasteiger partial charge is 0.367 e. The normalized spacial score (nSPS) is 14.0. The molecule has 0 unspecified atom stereocenters. The second kappa shape index (κ2) is 8.38. The van der Waals surface area contributed by atoms with Crippen LogP contribution in [-0.4, -0.2) is 33.7 Å². The summed E-state index contributed by atoms with van der Waals surface area (Å²) < 4.78 is 40.8. The van der Waals surface area contributed by atoms with Gasteiger partial charge in [0.1, 0.15) is 12.8 Å². The van der Waals surface area contributed by atoms with Crippen molar-refractivity contribution in [3.05, 3.63) is 51.7 Å². The summed E-state index contributed by atoms with van der Waals surface area (Å²) >= 11 is 0. The maximum absolute atomic E-state index is 12.1. The standard InChI is InChI=1S/C17H18F3N5O3/c18-17(19,20)10-28-9-12-3-1-11(2-4-12)7-21-16-22-8-14(25(26)27)15(24-16)23-13-5-6-13/h1-4,8,13H,5-7,9-10H2,(H2,21,22,23,24). The number of ether oxygens (including phenoxy) is 1. The van der Waals surface area contributed by atoms with Gasteiger partial charge < -0.3 is 15.4 Å². The molecule has 0 spiro atoms. The third-order valence-electron chi connectivity index (χ3n) is 3.89. The van der Waals surface area contributed by atoms with E-state index in [1.165, 1.54) is 0 Å². The minimum Gasteiger partial charge on any atom is -0.367 e. The molecule has 0 aliphatic heterocycles. The average molecular weight is 397 g/mol. The highest BCUT2D eigenvalue weighted by Crippen LogP contribution is 2.29. The first-order valence-corrected chi connectivity index (χ1v) is 8.54. The molecule has 0 bridgehead atoms. The monoisotopic (exact) mass is 397 g/mol. The number of hydrogen-bond donors (Lipinski definition) is 2. The van der Waals surface area contributed by atoms with Crippen LogP contribution in [0.4, 0.5) is 30.6 Å². The van der Waals surface area contributed by atoms with E-state index in [2.05, 4.69) is 25.3 Å². The maximum Gasteiger partial charge on any atom is 0.411 e. The molecule has 1 aromatic carbocycles. The van der Waals surface area contributed by atoms with Gasteiger partial charge in [0, 0.05) is 12.6 Å². The molecule has 1 fully saturated rings. The molecule has 1 aliphatic carbocycles. The second-order valence-electron chi connectivity index (χ2n) is 6.38. The zero-order chi connectivity index (χ0) is 20.1. The van der Waals surface area contributed by atoms with E-state index in [4.69, 9.17) is 0 Å². The summed E-state index contributed by atoms with van der Waals surface area (Å²) in [5.41, 5.74) is 1.29. The first-order chi connectivity index (χ1) is 13.3. The first-order valence-electron chi connectivity index (χ1n) is 8.54. The van der Waals surface area contributed by atoms with E-state index in [-0.39, 0.29) is 30.1 Å². The second-order valence-corrected chi connectivity index (χ2v) is 6.38. The van der Waals surface area contributed by atoms with Crippen molar-refractivity contribution in [2.75, 3.05) is 17.2 Å². The van der Waals surface area contributed by atoms with Gasteiger partial charge in [0.05, 0.1) is 11.5 Å². The minimum atomic E-state index is -4.35. The fourth-order valence-electron chi connectivity index (χ4n) is 2.34. The van der Waals surface area contributed by atoms with Crippen LogP contribution in [0.1, 0.15) is 24.0 Å². The molecule has 0 saturated heterocycles. The van der Waals surface area contributed by atoms with Gasteiger partial charge in [-0.3, -0.25) is 10.1 Å². The summed E-state index contributed by atoms with van der Waals surface area (Å²) in [6.07, 6.45) is -1.30. The summed E-state index contributed by atoms with van der Waals surface area (Å²) in [4.78, 5) is 18.7. The van der Waals surface area contributed by atoms with Crippen LogP contribution in [0.25, 0.3) is 0 Å². The highest BCUT2D eigenvalue weighted by Gasteiger charge is 2.27. The largest absolute Gasteiger partial charge is 0.411 e. The molecule has 150 valence electrons. The lowest BCUT2D eigenvalue weighted by molar-refractivity contribution is -0.384. The number of anilines is 2. The van der Waals surface area contributed by atoms with Crippen LogP contribution in [0.3, 0.4) is 0 Å². The fraction of sp³-hybridized carbons (Fsp3) is 0.412. The van der Waals surface area contributed by atoms with E-state index >= 15 is 0 Å². The van der Waals surface area contributed by atoms with E-state index in [1.807, 2.05) is 0 Å². The lowest BCUT2D eigenvalue weighted by atomic mass is 10.1. The molecule has 1 aromatic heterocycles. The average Bonchev–Trinajstić information content (AvgIpc) is 3.44. The van der Waals surface area contributed by atoms with Crippen molar-refractivity contribution in [3.8, 4) is 0 Å². The molecule has 2 N–H and O–H groups in total. The van der Waals surface area contributed by atoms with Crippen LogP contribution < -0.4 is 10.6 Å². The number of aromatic nitrogens is 2. The van der Waals surface area contributed by atoms with Gasteiger partial charge in [0.2, 0.25) is 11.8 Å². The predicted molar refractivity (Wildman–Crippen MR) is 94.8 cm³/mol. The molecule has 2 aromatic rings. The molecule has 28 heavy (non-hydrogen) atoms. The number of nitro groups is 1. The van der Waals surface area contributed by atoms with Crippen LogP contribution in [0.5, 0.6) is 0 Å². The molecule has 0 atom stereocenters. The zero-order valence-corrected chi connectivity index (χ0v) is 14.7. The van der Waals surface area contributed by atoms with Crippen LogP contribution in [0.15, 0.2) is 30.5 Å². The maximum atomic E-state index is 12.1. The number of alkyl halides is 3. The molecular weight excluding hydrogens is 379 g/mol. The molecule has 1 aliphatic rings. The Morgan fingerprint density at radius 1 is 1.21 bits per heavy atom. The van der Waals surface area contributed by atoms with E-state index in [0.717, 1.165) is 24.6 Å². The van der Waals surface area contributed by atoms with Crippen LogP contribution in [0.2, 0.25) is 0 Å². The van der Waals surface area contributed by atoms with E-state index < -0.39 is 17.7 Å². The number of rotatable bonds is 9. The van der Waals surface area contributed by atoms with E-state index in [1.54, 1.807) is 24.3 Å². The Morgan fingerprint density at radius 3 is 2.50 bits per heavy atom. The van der Waals surface area contributed by atoms with Gasteiger partial charge >= 0.3 is 11.9 Å². The molecule has 11 heteroatoms. The summed E-state index contributed by atoms with van der Waals surface area (Å²) in [6.45, 7) is -1.07. The van der Waals surface area contributed by atoms with Crippen molar-refractivity contribution in [3.63, 3.8) is 0 Å². The van der Waals surface area contributed by atoms with Crippen molar-refractivity contribution >= 4 is 17.5 Å². The Labute approximate surface area is 158 Å². The summed E-state index contributed by atoms with van der Waals surface area (Å²) in [6, 6.07) is 7.03. The Balaban J connectivity index is 1.55. The first kappa shape index (κ1) is 19.8. The lowest BCUT2D eigenvalue weighted by Gasteiger charge is -2.10. The fourth-order valence-corrected chi connectivity index (χ4v) is 2.34. The SMILES string of the molecule is O=[N+]([O-])c1cnc(NCc2ccc(COCC(F)(F)F)cc2)nc1NC1CC1. The molecule has 0 amide bonds. The highest BCUT2D eigenvalue weighted by molar-refractivity contribution is 5.58. The number of benzene rings is 1. The van der Waals surface area contributed by atoms with Gasteiger partial charge in [0.25, 0.3) is 0 Å².